The summed E-state index contributed by atoms with van der Waals surface area (Å²) in [5, 5.41) is 3.05. The Bertz CT molecular complexity index is 1080. The summed E-state index contributed by atoms with van der Waals surface area (Å²) >= 11 is 0. The quantitative estimate of drug-likeness (QED) is 0.787. The molecule has 0 amide bonds. The zero-order valence-electron chi connectivity index (χ0n) is 14.5. The van der Waals surface area contributed by atoms with Crippen LogP contribution in [0, 0.1) is 0 Å². The molecule has 0 aliphatic carbocycles. The minimum atomic E-state index is -0.618. The molecule has 0 spiro atoms. The highest BCUT2D eigenvalue weighted by Crippen LogP contribution is 2.42. The lowest BCUT2D eigenvalue weighted by Gasteiger charge is -2.28. The van der Waals surface area contributed by atoms with Gasteiger partial charge in [-0.25, -0.2) is 9.59 Å². The van der Waals surface area contributed by atoms with Crippen LogP contribution in [-0.4, -0.2) is 28.8 Å². The molecular formula is C18H17N3O5. The Morgan fingerprint density at radius 3 is 2.46 bits per heavy atom. The molecule has 0 unspecified atom stereocenters. The Hall–Kier alpha value is -3.29. The molecule has 4 rings (SSSR count). The van der Waals surface area contributed by atoms with Crippen molar-refractivity contribution in [3.05, 3.63) is 67.5 Å². The van der Waals surface area contributed by atoms with Gasteiger partial charge in [-0.3, -0.25) is 13.9 Å². The summed E-state index contributed by atoms with van der Waals surface area (Å²) in [7, 11) is 4.57. The highest BCUT2D eigenvalue weighted by molar-refractivity contribution is 5.96. The minimum absolute atomic E-state index is 0.0870. The standard InChI is InChI=1S/C18H17N3O5/c1-20-15-14(16(22)21(2)18(20)24)12(9-4-6-10(25-3)7-5-9)13-11(19-15)8-26-17(13)23/h4-7,12,19H,8H2,1-3H3/t12-/m0/s1. The molecule has 0 bridgehead atoms. The van der Waals surface area contributed by atoms with Gasteiger partial charge in [0.05, 0.1) is 29.9 Å². The molecule has 3 heterocycles. The third-order valence-electron chi connectivity index (χ3n) is 4.89. The van der Waals surface area contributed by atoms with Gasteiger partial charge >= 0.3 is 11.7 Å². The molecule has 8 heteroatoms. The van der Waals surface area contributed by atoms with Crippen LogP contribution in [0.2, 0.25) is 0 Å². The maximum Gasteiger partial charge on any atom is 0.337 e. The maximum atomic E-state index is 12.9. The fraction of sp³-hybridized carbons (Fsp3) is 0.278. The lowest BCUT2D eigenvalue weighted by atomic mass is 9.82. The Morgan fingerprint density at radius 2 is 1.81 bits per heavy atom. The average molecular weight is 355 g/mol. The van der Waals surface area contributed by atoms with Gasteiger partial charge in [0.25, 0.3) is 5.56 Å². The van der Waals surface area contributed by atoms with Crippen molar-refractivity contribution < 1.29 is 14.3 Å². The summed E-state index contributed by atoms with van der Waals surface area (Å²) < 4.78 is 12.8. The first-order valence-corrected chi connectivity index (χ1v) is 8.05. The van der Waals surface area contributed by atoms with Crippen molar-refractivity contribution in [1.29, 1.82) is 0 Å². The second-order valence-electron chi connectivity index (χ2n) is 6.27. The van der Waals surface area contributed by atoms with Gasteiger partial charge in [0.1, 0.15) is 18.2 Å². The Balaban J connectivity index is 2.03. The summed E-state index contributed by atoms with van der Waals surface area (Å²) in [6.45, 7) is 0.0870. The lowest BCUT2D eigenvalue weighted by molar-refractivity contribution is -0.136. The van der Waals surface area contributed by atoms with Crippen LogP contribution in [-0.2, 0) is 23.6 Å². The number of hydrogen-bond donors (Lipinski definition) is 1. The van der Waals surface area contributed by atoms with Crippen molar-refractivity contribution in [3.8, 4) is 5.75 Å². The van der Waals surface area contributed by atoms with Crippen molar-refractivity contribution >= 4 is 11.8 Å². The van der Waals surface area contributed by atoms with E-state index in [0.29, 0.717) is 28.4 Å². The summed E-state index contributed by atoms with van der Waals surface area (Å²) in [5.41, 5.74) is 1.18. The van der Waals surface area contributed by atoms with Crippen molar-refractivity contribution in [1.82, 2.24) is 9.13 Å². The lowest BCUT2D eigenvalue weighted by Crippen LogP contribution is -2.43. The number of rotatable bonds is 2. The molecular weight excluding hydrogens is 338 g/mol. The predicted molar refractivity (Wildman–Crippen MR) is 93.4 cm³/mol. The molecule has 0 saturated heterocycles. The number of anilines is 1. The predicted octanol–water partition coefficient (Wildman–Crippen LogP) is 0.461. The van der Waals surface area contributed by atoms with E-state index < -0.39 is 23.1 Å². The van der Waals surface area contributed by atoms with Crippen molar-refractivity contribution in [2.45, 2.75) is 5.92 Å². The molecule has 0 fully saturated rings. The molecule has 0 saturated carbocycles. The van der Waals surface area contributed by atoms with E-state index in [-0.39, 0.29) is 6.61 Å². The SMILES string of the molecule is COc1ccc([C@H]2C3=C(COC3=O)Nc3c2c(=O)n(C)c(=O)n3C)cc1. The Labute approximate surface area is 148 Å². The molecule has 1 aromatic heterocycles. The molecule has 2 aliphatic heterocycles. The molecule has 2 aromatic rings. The zero-order valence-corrected chi connectivity index (χ0v) is 14.5. The first-order valence-electron chi connectivity index (χ1n) is 8.05. The second kappa shape index (κ2) is 5.62. The van der Waals surface area contributed by atoms with E-state index in [1.165, 1.54) is 11.6 Å². The number of carbonyl (C=O) groups is 1. The van der Waals surface area contributed by atoms with Gasteiger partial charge in [-0.2, -0.15) is 0 Å². The van der Waals surface area contributed by atoms with E-state index >= 15 is 0 Å². The number of ether oxygens (including phenoxy) is 2. The van der Waals surface area contributed by atoms with Crippen LogP contribution in [0.1, 0.15) is 17.0 Å². The van der Waals surface area contributed by atoms with Crippen molar-refractivity contribution in [2.75, 3.05) is 19.0 Å². The average Bonchev–Trinajstić information content (AvgIpc) is 3.04. The number of nitrogens with one attached hydrogen (secondary N) is 1. The van der Waals surface area contributed by atoms with Crippen LogP contribution in [0.5, 0.6) is 5.75 Å². The number of aromatic nitrogens is 2. The number of esters is 1. The number of hydrogen-bond acceptors (Lipinski definition) is 6. The topological polar surface area (TPSA) is 91.6 Å². The van der Waals surface area contributed by atoms with Gasteiger partial charge in [0.15, 0.2) is 0 Å². The van der Waals surface area contributed by atoms with Gasteiger partial charge in [-0.15, -0.1) is 0 Å². The van der Waals surface area contributed by atoms with Gasteiger partial charge < -0.3 is 14.8 Å². The van der Waals surface area contributed by atoms with Crippen molar-refractivity contribution in [3.63, 3.8) is 0 Å². The smallest absolute Gasteiger partial charge is 0.337 e. The summed E-state index contributed by atoms with van der Waals surface area (Å²) in [5.74, 6) is -0.0297. The van der Waals surface area contributed by atoms with E-state index in [2.05, 4.69) is 5.32 Å². The molecule has 134 valence electrons. The van der Waals surface area contributed by atoms with Crippen molar-refractivity contribution in [2.24, 2.45) is 14.1 Å². The van der Waals surface area contributed by atoms with Gasteiger partial charge in [-0.1, -0.05) is 12.1 Å². The van der Waals surface area contributed by atoms with E-state index in [1.54, 1.807) is 38.4 Å². The number of methoxy groups -OCH3 is 1. The van der Waals surface area contributed by atoms with Crippen LogP contribution in [0.4, 0.5) is 5.82 Å². The largest absolute Gasteiger partial charge is 0.497 e. The van der Waals surface area contributed by atoms with Crippen LogP contribution in [0.15, 0.2) is 45.1 Å². The van der Waals surface area contributed by atoms with Crippen LogP contribution >= 0.6 is 0 Å². The van der Waals surface area contributed by atoms with Crippen LogP contribution in [0.25, 0.3) is 0 Å². The number of fused-ring (bicyclic) bond motifs is 1. The van der Waals surface area contributed by atoms with Gasteiger partial charge in [-0.05, 0) is 17.7 Å². The molecule has 1 aromatic carbocycles. The molecule has 26 heavy (non-hydrogen) atoms. The molecule has 0 radical (unpaired) electrons. The van der Waals surface area contributed by atoms with E-state index in [4.69, 9.17) is 9.47 Å². The summed E-state index contributed by atoms with van der Waals surface area (Å²) in [4.78, 5) is 37.5. The molecule has 2 aliphatic rings. The summed E-state index contributed by atoms with van der Waals surface area (Å²) in [6.07, 6.45) is 0. The zero-order chi connectivity index (χ0) is 18.6. The molecule has 1 atom stereocenters. The monoisotopic (exact) mass is 355 g/mol. The fourth-order valence-corrected chi connectivity index (χ4v) is 3.51. The third-order valence-corrected chi connectivity index (χ3v) is 4.89. The van der Waals surface area contributed by atoms with Crippen LogP contribution < -0.4 is 21.3 Å². The summed E-state index contributed by atoms with van der Waals surface area (Å²) in [6, 6.07) is 7.15. The molecule has 1 N–H and O–H groups in total. The van der Waals surface area contributed by atoms with Gasteiger partial charge in [0, 0.05) is 14.1 Å². The van der Waals surface area contributed by atoms with Crippen LogP contribution in [0.3, 0.4) is 0 Å². The van der Waals surface area contributed by atoms with E-state index in [9.17, 15) is 14.4 Å². The third kappa shape index (κ3) is 2.11. The minimum Gasteiger partial charge on any atom is -0.497 e. The van der Waals surface area contributed by atoms with E-state index in [1.807, 2.05) is 0 Å². The Kier molecular flexibility index (Phi) is 3.50. The normalized spacial score (nSPS) is 18.1. The Morgan fingerprint density at radius 1 is 1.12 bits per heavy atom. The highest BCUT2D eigenvalue weighted by atomic mass is 16.5. The van der Waals surface area contributed by atoms with Gasteiger partial charge in [0.2, 0.25) is 0 Å². The fourth-order valence-electron chi connectivity index (χ4n) is 3.51. The number of carbonyl (C=O) groups excluding carboxylic acids is 1. The number of cyclic esters (lactones) is 1. The van der Waals surface area contributed by atoms with E-state index in [0.717, 1.165) is 10.1 Å². The molecule has 8 nitrogen and oxygen atoms in total. The first-order chi connectivity index (χ1) is 12.4. The first kappa shape index (κ1) is 16.2. The number of nitrogens with zero attached hydrogens (tertiary/aromatic N) is 2. The second-order valence-corrected chi connectivity index (χ2v) is 6.27. The number of benzene rings is 1. The maximum absolute atomic E-state index is 12.9. The highest BCUT2D eigenvalue weighted by Gasteiger charge is 2.41.